The molecule has 0 saturated heterocycles. The fourth-order valence-electron chi connectivity index (χ4n) is 3.08. The van der Waals surface area contributed by atoms with Gasteiger partial charge in [0.1, 0.15) is 0 Å². The van der Waals surface area contributed by atoms with Crippen LogP contribution >= 0.6 is 23.5 Å². The summed E-state index contributed by atoms with van der Waals surface area (Å²) in [7, 11) is 0.874. The van der Waals surface area contributed by atoms with E-state index >= 15 is 0 Å². The molecule has 0 spiro atoms. The van der Waals surface area contributed by atoms with E-state index in [1.807, 2.05) is 12.5 Å². The van der Waals surface area contributed by atoms with Gasteiger partial charge in [0.25, 0.3) is 5.60 Å². The fourth-order valence-corrected chi connectivity index (χ4v) is 5.43. The maximum absolute atomic E-state index is 13.8. The van der Waals surface area contributed by atoms with E-state index in [4.69, 9.17) is 9.47 Å². The molecule has 1 aliphatic carbocycles. The van der Waals surface area contributed by atoms with Gasteiger partial charge in [0.05, 0.1) is 10.7 Å². The fraction of sp³-hybridized carbons (Fsp3) is 0.588. The van der Waals surface area contributed by atoms with Crippen molar-refractivity contribution in [3.8, 4) is 0 Å². The number of alkyl halides is 3. The normalized spacial score (nSPS) is 21.9. The molecule has 25 heavy (non-hydrogen) atoms. The Kier molecular flexibility index (Phi) is 6.38. The lowest BCUT2D eigenvalue weighted by atomic mass is 9.84. The molecule has 140 valence electrons. The average molecular weight is 394 g/mol. The van der Waals surface area contributed by atoms with Crippen LogP contribution < -0.4 is 0 Å². The number of carbonyl (C=O) groups excluding carboxylic acids is 1. The van der Waals surface area contributed by atoms with E-state index in [0.29, 0.717) is 0 Å². The van der Waals surface area contributed by atoms with E-state index in [2.05, 4.69) is 0 Å². The molecule has 0 aliphatic heterocycles. The van der Waals surface area contributed by atoms with Crippen LogP contribution in [0.4, 0.5) is 13.2 Å². The maximum Gasteiger partial charge on any atom is 0.432 e. The van der Waals surface area contributed by atoms with Gasteiger partial charge in [0.2, 0.25) is 0 Å². The SMILES string of the molecule is CO[C@@](C(=O)OC[C@H]1CCC1(SC)SC)(c1ccccc1)C(F)(F)F. The van der Waals surface area contributed by atoms with E-state index in [-0.39, 0.29) is 22.2 Å². The Hall–Kier alpha value is -0.860. The Labute approximate surface area is 154 Å². The highest BCUT2D eigenvalue weighted by Crippen LogP contribution is 2.55. The number of carbonyl (C=O) groups is 1. The number of halogens is 3. The summed E-state index contributed by atoms with van der Waals surface area (Å²) in [5.41, 5.74) is -3.40. The van der Waals surface area contributed by atoms with Gasteiger partial charge in [-0.15, -0.1) is 23.5 Å². The molecule has 0 bridgehead atoms. The summed E-state index contributed by atoms with van der Waals surface area (Å²) in [5.74, 6) is -1.39. The molecular formula is C17H21F3O3S2. The maximum atomic E-state index is 13.8. The highest BCUT2D eigenvalue weighted by molar-refractivity contribution is 8.17. The molecule has 8 heteroatoms. The van der Waals surface area contributed by atoms with Crippen molar-refractivity contribution in [1.82, 2.24) is 0 Å². The van der Waals surface area contributed by atoms with Crippen molar-refractivity contribution in [1.29, 1.82) is 0 Å². The van der Waals surface area contributed by atoms with Crippen LogP contribution in [0.3, 0.4) is 0 Å². The topological polar surface area (TPSA) is 35.5 Å². The number of methoxy groups -OCH3 is 1. The highest BCUT2D eigenvalue weighted by atomic mass is 32.2. The molecule has 2 atom stereocenters. The van der Waals surface area contributed by atoms with Crippen molar-refractivity contribution in [2.45, 2.75) is 28.7 Å². The molecule has 1 aromatic rings. The van der Waals surface area contributed by atoms with Crippen LogP contribution in [0.5, 0.6) is 0 Å². The quantitative estimate of drug-likeness (QED) is 0.504. The summed E-state index contributed by atoms with van der Waals surface area (Å²) < 4.78 is 51.1. The largest absolute Gasteiger partial charge is 0.463 e. The Bertz CT molecular complexity index is 585. The van der Waals surface area contributed by atoms with Crippen molar-refractivity contribution in [3.05, 3.63) is 35.9 Å². The zero-order chi connectivity index (χ0) is 18.7. The minimum Gasteiger partial charge on any atom is -0.463 e. The van der Waals surface area contributed by atoms with Crippen molar-refractivity contribution in [2.24, 2.45) is 5.92 Å². The molecule has 0 N–H and O–H groups in total. The number of ether oxygens (including phenoxy) is 2. The molecule has 1 saturated carbocycles. The third-order valence-corrected chi connectivity index (χ3v) is 8.20. The average Bonchev–Trinajstić information content (AvgIpc) is 2.56. The van der Waals surface area contributed by atoms with Crippen molar-refractivity contribution in [2.75, 3.05) is 26.2 Å². The predicted molar refractivity (Wildman–Crippen MR) is 94.6 cm³/mol. The number of rotatable bonds is 7. The molecular weight excluding hydrogens is 373 g/mol. The van der Waals surface area contributed by atoms with Gasteiger partial charge in [0, 0.05) is 18.6 Å². The monoisotopic (exact) mass is 394 g/mol. The number of thioether (sulfide) groups is 2. The van der Waals surface area contributed by atoms with Crippen LogP contribution in [0.25, 0.3) is 0 Å². The lowest BCUT2D eigenvalue weighted by Gasteiger charge is -2.47. The number of hydrogen-bond donors (Lipinski definition) is 0. The Balaban J connectivity index is 2.23. The van der Waals surface area contributed by atoms with Gasteiger partial charge in [0.15, 0.2) is 0 Å². The van der Waals surface area contributed by atoms with Gasteiger partial charge in [-0.25, -0.2) is 4.79 Å². The van der Waals surface area contributed by atoms with Crippen LogP contribution in [-0.4, -0.2) is 42.5 Å². The van der Waals surface area contributed by atoms with Crippen LogP contribution in [-0.2, 0) is 19.9 Å². The molecule has 1 aromatic carbocycles. The second-order valence-corrected chi connectivity index (χ2v) is 8.34. The Morgan fingerprint density at radius 3 is 2.24 bits per heavy atom. The molecule has 0 radical (unpaired) electrons. The van der Waals surface area contributed by atoms with Crippen LogP contribution in [0.15, 0.2) is 30.3 Å². The predicted octanol–water partition coefficient (Wildman–Crippen LogP) is 4.47. The zero-order valence-electron chi connectivity index (χ0n) is 14.3. The van der Waals surface area contributed by atoms with Crippen molar-refractivity contribution in [3.63, 3.8) is 0 Å². The first kappa shape index (κ1) is 20.5. The van der Waals surface area contributed by atoms with E-state index in [1.165, 1.54) is 24.3 Å². The molecule has 3 nitrogen and oxygen atoms in total. The van der Waals surface area contributed by atoms with E-state index in [1.54, 1.807) is 29.6 Å². The first-order valence-corrected chi connectivity index (χ1v) is 10.2. The van der Waals surface area contributed by atoms with Crippen LogP contribution in [0.1, 0.15) is 18.4 Å². The summed E-state index contributed by atoms with van der Waals surface area (Å²) in [6, 6.07) is 6.87. The second kappa shape index (κ2) is 7.80. The van der Waals surface area contributed by atoms with Crippen LogP contribution in [0, 0.1) is 5.92 Å². The van der Waals surface area contributed by atoms with E-state index in [0.717, 1.165) is 20.0 Å². The minimum absolute atomic E-state index is 0.0278. The number of benzene rings is 1. The standard InChI is InChI=1S/C17H21F3O3S2/c1-22-16(17(18,19)20,12-7-5-4-6-8-12)14(21)23-11-13-9-10-15(13,24-2)25-3/h4-8,13H,9-11H2,1-3H3/t13-,16-/m1/s1. The zero-order valence-corrected chi connectivity index (χ0v) is 15.9. The lowest BCUT2D eigenvalue weighted by Crippen LogP contribution is -2.53. The molecule has 0 aromatic heterocycles. The van der Waals surface area contributed by atoms with Gasteiger partial charge in [-0.1, -0.05) is 30.3 Å². The first-order chi connectivity index (χ1) is 11.8. The Morgan fingerprint density at radius 1 is 1.24 bits per heavy atom. The van der Waals surface area contributed by atoms with Gasteiger partial charge in [-0.3, -0.25) is 0 Å². The smallest absolute Gasteiger partial charge is 0.432 e. The van der Waals surface area contributed by atoms with E-state index in [9.17, 15) is 18.0 Å². The third kappa shape index (κ3) is 3.53. The molecule has 0 heterocycles. The molecule has 1 aliphatic rings. The van der Waals surface area contributed by atoms with E-state index < -0.39 is 17.7 Å². The summed E-state index contributed by atoms with van der Waals surface area (Å²) in [5, 5.41) is 0. The Morgan fingerprint density at radius 2 is 1.84 bits per heavy atom. The molecule has 1 fully saturated rings. The first-order valence-electron chi connectivity index (χ1n) is 7.72. The van der Waals surface area contributed by atoms with Gasteiger partial charge in [-0.05, 0) is 25.4 Å². The summed E-state index contributed by atoms with van der Waals surface area (Å²) >= 11 is 3.30. The summed E-state index contributed by atoms with van der Waals surface area (Å²) in [6.07, 6.45) is 0.764. The number of esters is 1. The lowest BCUT2D eigenvalue weighted by molar-refractivity contribution is -0.277. The molecule has 2 rings (SSSR count). The number of hydrogen-bond acceptors (Lipinski definition) is 5. The summed E-state index contributed by atoms with van der Waals surface area (Å²) in [6.45, 7) is -0.0471. The van der Waals surface area contributed by atoms with Crippen molar-refractivity contribution >= 4 is 29.5 Å². The van der Waals surface area contributed by atoms with Gasteiger partial charge in [-0.2, -0.15) is 13.2 Å². The highest BCUT2D eigenvalue weighted by Gasteiger charge is 2.64. The third-order valence-electron chi connectivity index (χ3n) is 4.74. The summed E-state index contributed by atoms with van der Waals surface area (Å²) in [4.78, 5) is 12.5. The molecule has 0 unspecified atom stereocenters. The van der Waals surface area contributed by atoms with Gasteiger partial charge >= 0.3 is 12.1 Å². The van der Waals surface area contributed by atoms with Crippen LogP contribution in [0.2, 0.25) is 0 Å². The molecule has 0 amide bonds. The van der Waals surface area contributed by atoms with Gasteiger partial charge < -0.3 is 9.47 Å². The minimum atomic E-state index is -4.93. The second-order valence-electron chi connectivity index (χ2n) is 5.80. The van der Waals surface area contributed by atoms with Crippen molar-refractivity contribution < 1.29 is 27.4 Å².